The minimum absolute atomic E-state index is 0.119. The second-order valence-corrected chi connectivity index (χ2v) is 10.0. The summed E-state index contributed by atoms with van der Waals surface area (Å²) >= 11 is 0. The predicted octanol–water partition coefficient (Wildman–Crippen LogP) is 4.55. The first-order chi connectivity index (χ1) is 18.7. The summed E-state index contributed by atoms with van der Waals surface area (Å²) in [7, 11) is 0. The Hall–Kier alpha value is -3.90. The summed E-state index contributed by atoms with van der Waals surface area (Å²) in [6.45, 7) is 0. The number of aliphatic imine (C=N–C) groups is 1. The predicted molar refractivity (Wildman–Crippen MR) is 133 cm³/mol. The Labute approximate surface area is 225 Å². The molecule has 0 bridgehead atoms. The summed E-state index contributed by atoms with van der Waals surface area (Å²) in [6.07, 6.45) is -10.2. The monoisotopic (exact) mass is 568 g/mol. The zero-order chi connectivity index (χ0) is 29.2. The average Bonchev–Trinajstić information content (AvgIpc) is 2.99. The van der Waals surface area contributed by atoms with Gasteiger partial charge in [0, 0.05) is 42.2 Å². The topological polar surface area (TPSA) is 114 Å². The fourth-order valence-electron chi connectivity index (χ4n) is 5.09. The van der Waals surface area contributed by atoms with Crippen molar-refractivity contribution in [1.29, 1.82) is 0 Å². The number of hydrogen-bond acceptors (Lipinski definition) is 4. The molecule has 0 aromatic heterocycles. The quantitative estimate of drug-likeness (QED) is 0.386. The van der Waals surface area contributed by atoms with Crippen molar-refractivity contribution in [3.63, 3.8) is 0 Å². The molecule has 7 nitrogen and oxygen atoms in total. The molecule has 1 aliphatic carbocycles. The second kappa shape index (κ2) is 11.3. The van der Waals surface area contributed by atoms with E-state index in [9.17, 15) is 40.7 Å². The molecule has 4 rings (SSSR count). The highest BCUT2D eigenvalue weighted by Crippen LogP contribution is 2.46. The van der Waals surface area contributed by atoms with Crippen molar-refractivity contribution in [2.45, 2.75) is 50.4 Å². The van der Waals surface area contributed by atoms with E-state index in [0.29, 0.717) is 5.56 Å². The van der Waals surface area contributed by atoms with Crippen LogP contribution in [0.4, 0.5) is 32.0 Å². The number of primary amides is 1. The Morgan fingerprint density at radius 1 is 1.07 bits per heavy atom. The van der Waals surface area contributed by atoms with Gasteiger partial charge in [-0.1, -0.05) is 42.5 Å². The molecule has 13 heteroatoms. The van der Waals surface area contributed by atoms with Crippen LogP contribution in [0.25, 0.3) is 0 Å². The number of carbonyl (C=O) groups excluding carboxylic acids is 3. The number of carbonyl (C=O) groups is 3. The van der Waals surface area contributed by atoms with E-state index in [-0.39, 0.29) is 23.4 Å². The first kappa shape index (κ1) is 29.1. The van der Waals surface area contributed by atoms with Gasteiger partial charge in [0.2, 0.25) is 23.9 Å². The molecule has 0 spiro atoms. The molecule has 3 atom stereocenters. The van der Waals surface area contributed by atoms with Crippen molar-refractivity contribution in [3.8, 4) is 0 Å². The third kappa shape index (κ3) is 6.80. The van der Waals surface area contributed by atoms with Gasteiger partial charge in [-0.15, -0.1) is 0 Å². The molecule has 2 aliphatic rings. The maximum Gasteiger partial charge on any atom is 0.389 e. The third-order valence-corrected chi connectivity index (χ3v) is 7.04. The van der Waals surface area contributed by atoms with Crippen LogP contribution in [0.1, 0.15) is 43.2 Å². The molecule has 1 aliphatic heterocycles. The number of amides is 3. The SMILES string of the molecule is NC(=O)C(CC1CC(F)(F)C1)C(CCC(F)(F)F)C(=O)NC1N=C(c2ccccc2)c2cccc(F)c2NC1=O. The fraction of sp³-hybridized carbons (Fsp3) is 0.407. The Balaban J connectivity index is 1.66. The summed E-state index contributed by atoms with van der Waals surface area (Å²) in [4.78, 5) is 43.0. The van der Waals surface area contributed by atoms with Gasteiger partial charge in [-0.25, -0.2) is 18.2 Å². The minimum Gasteiger partial charge on any atom is -0.369 e. The maximum atomic E-state index is 14.7. The van der Waals surface area contributed by atoms with E-state index in [4.69, 9.17) is 5.73 Å². The smallest absolute Gasteiger partial charge is 0.369 e. The Morgan fingerprint density at radius 3 is 2.35 bits per heavy atom. The maximum absolute atomic E-state index is 14.7. The van der Waals surface area contributed by atoms with Crippen LogP contribution in [0, 0.1) is 23.6 Å². The standard InChI is InChI=1S/C27H26F6N4O3/c28-19-8-4-7-17-20(15-5-2-1-3-6-15)35-23(25(40)36-21(17)19)37-24(39)16(9-10-27(31,32)33)18(22(34)38)11-14-12-26(29,30)13-14/h1-8,14,16,18,23H,9-13H2,(H2,34,38)(H,36,40)(H,37,39). The first-order valence-corrected chi connectivity index (χ1v) is 12.5. The Kier molecular flexibility index (Phi) is 8.22. The van der Waals surface area contributed by atoms with Crippen LogP contribution >= 0.6 is 0 Å². The van der Waals surface area contributed by atoms with Gasteiger partial charge in [0.05, 0.1) is 11.4 Å². The number of fused-ring (bicyclic) bond motifs is 1. The van der Waals surface area contributed by atoms with E-state index in [0.717, 1.165) is 6.07 Å². The molecule has 1 saturated carbocycles. The number of benzene rings is 2. The number of anilines is 1. The van der Waals surface area contributed by atoms with Gasteiger partial charge in [-0.05, 0) is 24.8 Å². The van der Waals surface area contributed by atoms with Crippen LogP contribution in [-0.4, -0.2) is 41.7 Å². The van der Waals surface area contributed by atoms with Crippen molar-refractivity contribution < 1.29 is 40.7 Å². The van der Waals surface area contributed by atoms with Crippen molar-refractivity contribution in [2.24, 2.45) is 28.5 Å². The van der Waals surface area contributed by atoms with Gasteiger partial charge in [0.15, 0.2) is 0 Å². The molecule has 40 heavy (non-hydrogen) atoms. The lowest BCUT2D eigenvalue weighted by molar-refractivity contribution is -0.149. The van der Waals surface area contributed by atoms with Crippen LogP contribution < -0.4 is 16.4 Å². The van der Waals surface area contributed by atoms with E-state index in [1.165, 1.54) is 12.1 Å². The van der Waals surface area contributed by atoms with E-state index < -0.39 is 85.2 Å². The summed E-state index contributed by atoms with van der Waals surface area (Å²) in [5, 5.41) is 4.63. The van der Waals surface area contributed by atoms with Gasteiger partial charge in [-0.2, -0.15) is 13.2 Å². The van der Waals surface area contributed by atoms with Crippen LogP contribution in [0.2, 0.25) is 0 Å². The number of nitrogens with zero attached hydrogens (tertiary/aromatic N) is 1. The molecule has 3 unspecified atom stereocenters. The largest absolute Gasteiger partial charge is 0.389 e. The van der Waals surface area contributed by atoms with Crippen LogP contribution in [-0.2, 0) is 14.4 Å². The number of para-hydroxylation sites is 1. The Morgan fingerprint density at radius 2 is 1.75 bits per heavy atom. The van der Waals surface area contributed by atoms with Gasteiger partial charge in [-0.3, -0.25) is 14.4 Å². The minimum atomic E-state index is -4.69. The van der Waals surface area contributed by atoms with Crippen LogP contribution in [0.5, 0.6) is 0 Å². The fourth-order valence-corrected chi connectivity index (χ4v) is 5.09. The highest BCUT2D eigenvalue weighted by Gasteiger charge is 2.48. The number of nitrogens with two attached hydrogens (primary N) is 1. The van der Waals surface area contributed by atoms with Crippen LogP contribution in [0.15, 0.2) is 53.5 Å². The lowest BCUT2D eigenvalue weighted by Gasteiger charge is -2.38. The molecule has 214 valence electrons. The van der Waals surface area contributed by atoms with Crippen molar-refractivity contribution in [2.75, 3.05) is 5.32 Å². The Bertz CT molecular complexity index is 1310. The normalized spacial score (nSPS) is 20.2. The zero-order valence-electron chi connectivity index (χ0n) is 21.0. The molecule has 0 saturated heterocycles. The average molecular weight is 569 g/mol. The molecule has 3 amide bonds. The van der Waals surface area contributed by atoms with Crippen molar-refractivity contribution >= 4 is 29.1 Å². The van der Waals surface area contributed by atoms with E-state index >= 15 is 0 Å². The molecule has 0 radical (unpaired) electrons. The number of rotatable bonds is 9. The molecule has 2 aromatic carbocycles. The number of benzodiazepines with no additional fused rings is 1. The van der Waals surface area contributed by atoms with E-state index in [1.54, 1.807) is 30.3 Å². The molecular weight excluding hydrogens is 542 g/mol. The third-order valence-electron chi connectivity index (χ3n) is 7.04. The number of halogens is 6. The second-order valence-electron chi connectivity index (χ2n) is 10.0. The molecule has 1 fully saturated rings. The lowest BCUT2D eigenvalue weighted by atomic mass is 9.72. The van der Waals surface area contributed by atoms with Gasteiger partial charge < -0.3 is 16.4 Å². The van der Waals surface area contributed by atoms with Gasteiger partial charge in [0.25, 0.3) is 5.91 Å². The number of nitrogens with one attached hydrogen (secondary N) is 2. The summed E-state index contributed by atoms with van der Waals surface area (Å²) < 4.78 is 80.8. The molecule has 2 aromatic rings. The van der Waals surface area contributed by atoms with E-state index in [2.05, 4.69) is 15.6 Å². The number of hydrogen-bond donors (Lipinski definition) is 3. The van der Waals surface area contributed by atoms with E-state index in [1.807, 2.05) is 0 Å². The van der Waals surface area contributed by atoms with Crippen LogP contribution in [0.3, 0.4) is 0 Å². The highest BCUT2D eigenvalue weighted by atomic mass is 19.4. The first-order valence-electron chi connectivity index (χ1n) is 12.5. The van der Waals surface area contributed by atoms with Gasteiger partial charge >= 0.3 is 6.18 Å². The van der Waals surface area contributed by atoms with Gasteiger partial charge in [0.1, 0.15) is 5.82 Å². The molecule has 4 N–H and O–H groups in total. The van der Waals surface area contributed by atoms with Crippen molar-refractivity contribution in [1.82, 2.24) is 5.32 Å². The summed E-state index contributed by atoms with van der Waals surface area (Å²) in [5.74, 6) is -10.9. The molecular formula is C27H26F6N4O3. The zero-order valence-corrected chi connectivity index (χ0v) is 21.0. The van der Waals surface area contributed by atoms with Crippen molar-refractivity contribution in [3.05, 3.63) is 65.5 Å². The number of alkyl halides is 5. The summed E-state index contributed by atoms with van der Waals surface area (Å²) in [5.41, 5.74) is 6.00. The molecule has 1 heterocycles. The highest BCUT2D eigenvalue weighted by molar-refractivity contribution is 6.20. The lowest BCUT2D eigenvalue weighted by Crippen LogP contribution is -2.49. The summed E-state index contributed by atoms with van der Waals surface area (Å²) in [6, 6.07) is 12.3.